The van der Waals surface area contributed by atoms with Crippen LogP contribution in [-0.2, 0) is 12.8 Å². The molecule has 0 saturated carbocycles. The molecule has 4 nitrogen and oxygen atoms in total. The van der Waals surface area contributed by atoms with Crippen LogP contribution < -0.4 is 10.1 Å². The molecule has 1 aromatic carbocycles. The largest absolute Gasteiger partial charge is 0.486 e. The van der Waals surface area contributed by atoms with E-state index in [1.54, 1.807) is 0 Å². The number of para-hydroxylation sites is 1. The van der Waals surface area contributed by atoms with Gasteiger partial charge in [0.15, 0.2) is 0 Å². The van der Waals surface area contributed by atoms with Gasteiger partial charge in [0.05, 0.1) is 5.56 Å². The van der Waals surface area contributed by atoms with Crippen molar-refractivity contribution in [1.82, 2.24) is 9.59 Å². The van der Waals surface area contributed by atoms with Gasteiger partial charge in [0.2, 0.25) is 0 Å². The molecule has 0 unspecified atom stereocenters. The molecule has 8 heteroatoms. The first-order valence-electron chi connectivity index (χ1n) is 5.86. The highest BCUT2D eigenvalue weighted by atomic mass is 32.1. The average Bonchev–Trinajstić information content (AvgIpc) is 2.83. The number of nitrogens with zero attached hydrogens (tertiary/aromatic N) is 2. The summed E-state index contributed by atoms with van der Waals surface area (Å²) in [5.41, 5.74) is -0.304. The van der Waals surface area contributed by atoms with Gasteiger partial charge in [0.25, 0.3) is 0 Å². The van der Waals surface area contributed by atoms with E-state index < -0.39 is 11.7 Å². The number of halogens is 3. The lowest BCUT2D eigenvalue weighted by molar-refractivity contribution is -0.139. The van der Waals surface area contributed by atoms with E-state index in [1.165, 1.54) is 18.2 Å². The zero-order valence-corrected chi connectivity index (χ0v) is 11.4. The Hall–Kier alpha value is -1.83. The molecule has 0 saturated heterocycles. The minimum absolute atomic E-state index is 0.0636. The number of hydrogen-bond acceptors (Lipinski definition) is 5. The summed E-state index contributed by atoms with van der Waals surface area (Å²) in [4.78, 5) is 0. The van der Waals surface area contributed by atoms with E-state index in [0.29, 0.717) is 17.2 Å². The third-order valence-electron chi connectivity index (χ3n) is 2.45. The van der Waals surface area contributed by atoms with Gasteiger partial charge in [-0.3, -0.25) is 0 Å². The molecule has 1 heterocycles. The predicted octanol–water partition coefficient (Wildman–Crippen LogP) is 3.57. The van der Waals surface area contributed by atoms with Gasteiger partial charge in [-0.15, -0.1) is 5.10 Å². The quantitative estimate of drug-likeness (QED) is 0.917. The lowest BCUT2D eigenvalue weighted by atomic mass is 10.2. The van der Waals surface area contributed by atoms with E-state index in [0.717, 1.165) is 17.6 Å². The maximum absolute atomic E-state index is 12.8. The smallest absolute Gasteiger partial charge is 0.419 e. The molecular formula is C12H12F3N3OS. The van der Waals surface area contributed by atoms with Crippen molar-refractivity contribution in [2.45, 2.75) is 19.7 Å². The SMILES string of the molecule is CCNc1snnc1COc1ccccc1C(F)(F)F. The van der Waals surface area contributed by atoms with Crippen molar-refractivity contribution in [2.75, 3.05) is 11.9 Å². The highest BCUT2D eigenvalue weighted by molar-refractivity contribution is 7.10. The standard InChI is InChI=1S/C12H12F3N3OS/c1-2-16-11-9(17-18-20-11)7-19-10-6-4-3-5-8(10)12(13,14)15/h3-6,16H,2,7H2,1H3. The summed E-state index contributed by atoms with van der Waals surface area (Å²) >= 11 is 1.14. The molecule has 2 rings (SSSR count). The first kappa shape index (κ1) is 14.6. The maximum Gasteiger partial charge on any atom is 0.419 e. The van der Waals surface area contributed by atoms with E-state index in [1.807, 2.05) is 6.92 Å². The molecule has 0 aliphatic rings. The molecule has 1 aromatic heterocycles. The molecule has 1 N–H and O–H groups in total. The van der Waals surface area contributed by atoms with Crippen molar-refractivity contribution in [1.29, 1.82) is 0 Å². The van der Waals surface area contributed by atoms with Gasteiger partial charge >= 0.3 is 6.18 Å². The van der Waals surface area contributed by atoms with Crippen LogP contribution in [0.5, 0.6) is 5.75 Å². The van der Waals surface area contributed by atoms with Crippen molar-refractivity contribution < 1.29 is 17.9 Å². The Morgan fingerprint density at radius 1 is 1.30 bits per heavy atom. The number of nitrogens with one attached hydrogen (secondary N) is 1. The Morgan fingerprint density at radius 2 is 2.05 bits per heavy atom. The molecule has 0 aliphatic carbocycles. The highest BCUT2D eigenvalue weighted by Crippen LogP contribution is 2.36. The second kappa shape index (κ2) is 6.08. The lowest BCUT2D eigenvalue weighted by Crippen LogP contribution is -2.09. The number of benzene rings is 1. The Bertz CT molecular complexity index is 571. The molecule has 0 amide bonds. The summed E-state index contributed by atoms with van der Waals surface area (Å²) in [5.74, 6) is -0.213. The van der Waals surface area contributed by atoms with E-state index in [4.69, 9.17) is 4.74 Å². The number of alkyl halides is 3. The van der Waals surface area contributed by atoms with Crippen LogP contribution in [0.1, 0.15) is 18.2 Å². The van der Waals surface area contributed by atoms with Gasteiger partial charge in [0.1, 0.15) is 23.1 Å². The van der Waals surface area contributed by atoms with Crippen LogP contribution in [0, 0.1) is 0 Å². The summed E-state index contributed by atoms with van der Waals surface area (Å²) in [5, 5.41) is 7.58. The fourth-order valence-electron chi connectivity index (χ4n) is 1.57. The molecule has 0 radical (unpaired) electrons. The first-order chi connectivity index (χ1) is 9.52. The van der Waals surface area contributed by atoms with Crippen LogP contribution >= 0.6 is 11.5 Å². The van der Waals surface area contributed by atoms with Crippen LogP contribution in [0.25, 0.3) is 0 Å². The van der Waals surface area contributed by atoms with E-state index >= 15 is 0 Å². The minimum atomic E-state index is -4.44. The van der Waals surface area contributed by atoms with Crippen LogP contribution in [0.4, 0.5) is 18.2 Å². The van der Waals surface area contributed by atoms with Crippen molar-refractivity contribution in [3.05, 3.63) is 35.5 Å². The fourth-order valence-corrected chi connectivity index (χ4v) is 2.21. The van der Waals surface area contributed by atoms with Crippen molar-refractivity contribution >= 4 is 16.5 Å². The number of rotatable bonds is 5. The van der Waals surface area contributed by atoms with Gasteiger partial charge in [-0.25, -0.2) is 0 Å². The second-order valence-electron chi connectivity index (χ2n) is 3.86. The molecule has 0 atom stereocenters. The number of hydrogen-bond donors (Lipinski definition) is 1. The molecule has 20 heavy (non-hydrogen) atoms. The Balaban J connectivity index is 2.13. The highest BCUT2D eigenvalue weighted by Gasteiger charge is 2.34. The first-order valence-corrected chi connectivity index (χ1v) is 6.64. The molecule has 0 spiro atoms. The topological polar surface area (TPSA) is 47.0 Å². The maximum atomic E-state index is 12.8. The number of ether oxygens (including phenoxy) is 1. The second-order valence-corrected chi connectivity index (χ2v) is 4.62. The molecular weight excluding hydrogens is 291 g/mol. The zero-order chi connectivity index (χ0) is 14.6. The monoisotopic (exact) mass is 303 g/mol. The fraction of sp³-hybridized carbons (Fsp3) is 0.333. The third-order valence-corrected chi connectivity index (χ3v) is 3.18. The van der Waals surface area contributed by atoms with Crippen molar-refractivity contribution in [3.8, 4) is 5.75 Å². The van der Waals surface area contributed by atoms with E-state index in [-0.39, 0.29) is 12.4 Å². The summed E-state index contributed by atoms with van der Waals surface area (Å²) in [6, 6.07) is 5.09. The Labute approximate surface area is 117 Å². The van der Waals surface area contributed by atoms with Crippen LogP contribution in [0.3, 0.4) is 0 Å². The van der Waals surface area contributed by atoms with Crippen molar-refractivity contribution in [2.24, 2.45) is 0 Å². The van der Waals surface area contributed by atoms with E-state index in [9.17, 15) is 13.2 Å². The average molecular weight is 303 g/mol. The summed E-state index contributed by atoms with van der Waals surface area (Å²) in [6.45, 7) is 2.52. The minimum Gasteiger partial charge on any atom is -0.486 e. The predicted molar refractivity (Wildman–Crippen MR) is 69.8 cm³/mol. The molecule has 2 aromatic rings. The number of aromatic nitrogens is 2. The zero-order valence-electron chi connectivity index (χ0n) is 10.6. The van der Waals surface area contributed by atoms with Crippen LogP contribution in [-0.4, -0.2) is 16.1 Å². The summed E-state index contributed by atoms with van der Waals surface area (Å²) < 4.78 is 47.4. The van der Waals surface area contributed by atoms with Crippen molar-refractivity contribution in [3.63, 3.8) is 0 Å². The van der Waals surface area contributed by atoms with Gasteiger partial charge < -0.3 is 10.1 Å². The third kappa shape index (κ3) is 3.38. The van der Waals surface area contributed by atoms with Gasteiger partial charge in [-0.1, -0.05) is 16.6 Å². The molecule has 0 fully saturated rings. The van der Waals surface area contributed by atoms with Crippen LogP contribution in [0.15, 0.2) is 24.3 Å². The summed E-state index contributed by atoms with van der Waals surface area (Å²) in [6.07, 6.45) is -4.44. The number of anilines is 1. The van der Waals surface area contributed by atoms with Gasteiger partial charge in [-0.05, 0) is 19.1 Å². The normalized spacial score (nSPS) is 11.4. The molecule has 0 aliphatic heterocycles. The van der Waals surface area contributed by atoms with Crippen LogP contribution in [0.2, 0.25) is 0 Å². The molecule has 108 valence electrons. The Morgan fingerprint density at radius 3 is 2.75 bits per heavy atom. The lowest BCUT2D eigenvalue weighted by Gasteiger charge is -2.13. The summed E-state index contributed by atoms with van der Waals surface area (Å²) in [7, 11) is 0. The van der Waals surface area contributed by atoms with Gasteiger partial charge in [0, 0.05) is 18.1 Å². The van der Waals surface area contributed by atoms with Gasteiger partial charge in [-0.2, -0.15) is 13.2 Å². The Kier molecular flexibility index (Phi) is 4.43. The van der Waals surface area contributed by atoms with E-state index in [2.05, 4.69) is 14.9 Å². The molecule has 0 bridgehead atoms.